The largest absolute Gasteiger partial charge is 0.462 e. The average Bonchev–Trinajstić information content (AvgIpc) is 2.96. The average molecular weight is 362 g/mol. The van der Waals surface area contributed by atoms with Gasteiger partial charge >= 0.3 is 5.97 Å². The number of nitrogens with one attached hydrogen (secondary N) is 1. The molecule has 0 aliphatic carbocycles. The number of rotatable bonds is 4. The van der Waals surface area contributed by atoms with Gasteiger partial charge in [0.2, 0.25) is 5.28 Å². The van der Waals surface area contributed by atoms with Gasteiger partial charge in [-0.1, -0.05) is 12.1 Å². The van der Waals surface area contributed by atoms with Crippen molar-refractivity contribution in [2.24, 2.45) is 0 Å². The van der Waals surface area contributed by atoms with Gasteiger partial charge in [-0.15, -0.1) is 11.3 Å². The Kier molecular flexibility index (Phi) is 4.69. The number of aromatic nitrogens is 2. The topological polar surface area (TPSA) is 64.1 Å². The Balaban J connectivity index is 2.14. The molecule has 124 valence electrons. The van der Waals surface area contributed by atoms with Gasteiger partial charge in [0.25, 0.3) is 0 Å². The number of thiophene rings is 1. The molecule has 0 aliphatic heterocycles. The molecular weight excluding hydrogens is 346 g/mol. The molecule has 0 amide bonds. The van der Waals surface area contributed by atoms with Gasteiger partial charge in [-0.2, -0.15) is 4.98 Å². The molecule has 7 heteroatoms. The number of nitrogens with zero attached hydrogens (tertiary/aromatic N) is 2. The number of aryl methyl sites for hydroxylation is 1. The van der Waals surface area contributed by atoms with E-state index in [-0.39, 0.29) is 5.28 Å². The highest BCUT2D eigenvalue weighted by Gasteiger charge is 2.20. The van der Waals surface area contributed by atoms with Crippen LogP contribution < -0.4 is 5.32 Å². The first-order valence-electron chi connectivity index (χ1n) is 7.46. The van der Waals surface area contributed by atoms with E-state index in [4.69, 9.17) is 16.3 Å². The zero-order chi connectivity index (χ0) is 17.3. The van der Waals surface area contributed by atoms with E-state index in [1.807, 2.05) is 32.0 Å². The summed E-state index contributed by atoms with van der Waals surface area (Å²) in [6, 6.07) is 5.96. The summed E-state index contributed by atoms with van der Waals surface area (Å²) in [4.78, 5) is 21.3. The van der Waals surface area contributed by atoms with Crippen LogP contribution in [0.1, 0.15) is 28.4 Å². The van der Waals surface area contributed by atoms with Gasteiger partial charge in [0.05, 0.1) is 17.6 Å². The monoisotopic (exact) mass is 361 g/mol. The second-order valence-electron chi connectivity index (χ2n) is 5.26. The van der Waals surface area contributed by atoms with Crippen molar-refractivity contribution >= 4 is 50.6 Å². The highest BCUT2D eigenvalue weighted by atomic mass is 35.5. The minimum Gasteiger partial charge on any atom is -0.462 e. The zero-order valence-corrected chi connectivity index (χ0v) is 15.1. The summed E-state index contributed by atoms with van der Waals surface area (Å²) < 4.78 is 5.12. The standard InChI is InChI=1S/C17H16ClN3O2S/c1-4-23-16(22)11-8-24-15-13(11)14(20-17(18)21-15)19-12-7-5-6-9(2)10(12)3/h5-8H,4H2,1-3H3,(H,19,20,21). The maximum absolute atomic E-state index is 12.2. The highest BCUT2D eigenvalue weighted by molar-refractivity contribution is 7.17. The number of anilines is 2. The minimum atomic E-state index is -0.390. The molecule has 3 rings (SSSR count). The molecule has 5 nitrogen and oxygen atoms in total. The molecular formula is C17H16ClN3O2S. The van der Waals surface area contributed by atoms with Crippen molar-refractivity contribution in [1.82, 2.24) is 9.97 Å². The van der Waals surface area contributed by atoms with Crippen LogP contribution in [0.3, 0.4) is 0 Å². The molecule has 0 saturated carbocycles. The summed E-state index contributed by atoms with van der Waals surface area (Å²) in [6.07, 6.45) is 0. The fourth-order valence-corrected chi connectivity index (χ4v) is 3.51. The number of ether oxygens (including phenoxy) is 1. The number of halogens is 1. The minimum absolute atomic E-state index is 0.132. The molecule has 3 aromatic rings. The Morgan fingerprint density at radius 1 is 1.33 bits per heavy atom. The molecule has 0 unspecified atom stereocenters. The highest BCUT2D eigenvalue weighted by Crippen LogP contribution is 2.34. The second-order valence-corrected chi connectivity index (χ2v) is 6.46. The van der Waals surface area contributed by atoms with Crippen LogP contribution in [0.4, 0.5) is 11.5 Å². The normalized spacial score (nSPS) is 10.8. The number of benzene rings is 1. The Morgan fingerprint density at radius 2 is 2.12 bits per heavy atom. The first-order valence-corrected chi connectivity index (χ1v) is 8.72. The lowest BCUT2D eigenvalue weighted by Gasteiger charge is -2.12. The summed E-state index contributed by atoms with van der Waals surface area (Å²) in [7, 11) is 0. The van der Waals surface area contributed by atoms with Gasteiger partial charge < -0.3 is 10.1 Å². The van der Waals surface area contributed by atoms with Gasteiger partial charge in [0.1, 0.15) is 10.6 Å². The van der Waals surface area contributed by atoms with Crippen LogP contribution in [0, 0.1) is 13.8 Å². The van der Waals surface area contributed by atoms with Crippen molar-refractivity contribution < 1.29 is 9.53 Å². The summed E-state index contributed by atoms with van der Waals surface area (Å²) in [5, 5.41) is 5.77. The van der Waals surface area contributed by atoms with Crippen LogP contribution in [-0.4, -0.2) is 22.5 Å². The maximum Gasteiger partial charge on any atom is 0.339 e. The molecule has 0 fully saturated rings. The van der Waals surface area contributed by atoms with Gasteiger partial charge in [-0.05, 0) is 49.6 Å². The van der Waals surface area contributed by atoms with Crippen molar-refractivity contribution in [2.45, 2.75) is 20.8 Å². The van der Waals surface area contributed by atoms with E-state index < -0.39 is 5.97 Å². The molecule has 1 aromatic carbocycles. The fraction of sp³-hybridized carbons (Fsp3) is 0.235. The van der Waals surface area contributed by atoms with Gasteiger partial charge in [0.15, 0.2) is 0 Å². The third-order valence-electron chi connectivity index (χ3n) is 3.76. The van der Waals surface area contributed by atoms with Crippen LogP contribution in [0.15, 0.2) is 23.6 Å². The van der Waals surface area contributed by atoms with E-state index in [0.717, 1.165) is 16.8 Å². The zero-order valence-electron chi connectivity index (χ0n) is 13.5. The van der Waals surface area contributed by atoms with Crippen LogP contribution in [0.5, 0.6) is 0 Å². The number of fused-ring (bicyclic) bond motifs is 1. The molecule has 2 heterocycles. The molecule has 0 radical (unpaired) electrons. The summed E-state index contributed by atoms with van der Waals surface area (Å²) in [5.74, 6) is 0.113. The lowest BCUT2D eigenvalue weighted by atomic mass is 10.1. The third kappa shape index (κ3) is 3.07. The van der Waals surface area contributed by atoms with E-state index in [2.05, 4.69) is 15.3 Å². The molecule has 24 heavy (non-hydrogen) atoms. The summed E-state index contributed by atoms with van der Waals surface area (Å²) in [6.45, 7) is 6.15. The van der Waals surface area contributed by atoms with E-state index in [1.54, 1.807) is 12.3 Å². The Hall–Kier alpha value is -2.18. The number of hydrogen-bond acceptors (Lipinski definition) is 6. The van der Waals surface area contributed by atoms with Crippen molar-refractivity contribution in [1.29, 1.82) is 0 Å². The molecule has 2 aromatic heterocycles. The fourth-order valence-electron chi connectivity index (χ4n) is 2.38. The molecule has 0 bridgehead atoms. The van der Waals surface area contributed by atoms with Gasteiger partial charge in [0, 0.05) is 11.1 Å². The number of hydrogen-bond donors (Lipinski definition) is 1. The van der Waals surface area contributed by atoms with Gasteiger partial charge in [-0.3, -0.25) is 0 Å². The van der Waals surface area contributed by atoms with Crippen LogP contribution in [0.25, 0.3) is 10.2 Å². The van der Waals surface area contributed by atoms with Crippen molar-refractivity contribution in [3.05, 3.63) is 45.6 Å². The Morgan fingerprint density at radius 3 is 2.88 bits per heavy atom. The lowest BCUT2D eigenvalue weighted by Crippen LogP contribution is -2.06. The molecule has 0 saturated heterocycles. The van der Waals surface area contributed by atoms with E-state index in [1.165, 1.54) is 11.3 Å². The van der Waals surface area contributed by atoms with E-state index >= 15 is 0 Å². The van der Waals surface area contributed by atoms with Crippen molar-refractivity contribution in [3.63, 3.8) is 0 Å². The van der Waals surface area contributed by atoms with E-state index in [0.29, 0.717) is 28.2 Å². The van der Waals surface area contributed by atoms with Crippen LogP contribution in [-0.2, 0) is 4.74 Å². The molecule has 0 atom stereocenters. The van der Waals surface area contributed by atoms with Gasteiger partial charge in [-0.25, -0.2) is 9.78 Å². The molecule has 0 aliphatic rings. The quantitative estimate of drug-likeness (QED) is 0.530. The molecule has 1 N–H and O–H groups in total. The Bertz CT molecular complexity index is 924. The van der Waals surface area contributed by atoms with Crippen molar-refractivity contribution in [3.8, 4) is 0 Å². The first-order chi connectivity index (χ1) is 11.5. The predicted molar refractivity (Wildman–Crippen MR) is 97.6 cm³/mol. The third-order valence-corrected chi connectivity index (χ3v) is 4.80. The summed E-state index contributed by atoms with van der Waals surface area (Å²) >= 11 is 7.38. The number of carbonyl (C=O) groups is 1. The van der Waals surface area contributed by atoms with Crippen LogP contribution in [0.2, 0.25) is 5.28 Å². The SMILES string of the molecule is CCOC(=O)c1csc2nc(Cl)nc(Nc3cccc(C)c3C)c12. The Labute approximate surface area is 148 Å². The predicted octanol–water partition coefficient (Wildman–Crippen LogP) is 4.88. The first kappa shape index (κ1) is 16.7. The number of carbonyl (C=O) groups excluding carboxylic acids is 1. The molecule has 0 spiro atoms. The summed E-state index contributed by atoms with van der Waals surface area (Å²) in [5.41, 5.74) is 3.62. The number of esters is 1. The van der Waals surface area contributed by atoms with Crippen molar-refractivity contribution in [2.75, 3.05) is 11.9 Å². The van der Waals surface area contributed by atoms with Crippen LogP contribution >= 0.6 is 22.9 Å². The maximum atomic E-state index is 12.2. The lowest BCUT2D eigenvalue weighted by molar-refractivity contribution is 0.0529. The smallest absolute Gasteiger partial charge is 0.339 e. The van der Waals surface area contributed by atoms with E-state index in [9.17, 15) is 4.79 Å². The second kappa shape index (κ2) is 6.75.